The summed E-state index contributed by atoms with van der Waals surface area (Å²) in [7, 11) is 1.77. The molecule has 0 saturated carbocycles. The number of aromatic amines is 1. The second kappa shape index (κ2) is 11.1. The third-order valence-corrected chi connectivity index (χ3v) is 5.43. The molecule has 3 N–H and O–H groups in total. The van der Waals surface area contributed by atoms with Crippen molar-refractivity contribution in [2.24, 2.45) is 4.99 Å². The number of H-pyrrole nitrogens is 1. The summed E-state index contributed by atoms with van der Waals surface area (Å²) in [6.45, 7) is 7.95. The first-order valence-corrected chi connectivity index (χ1v) is 10.6. The average molecular weight is 386 g/mol. The number of ether oxygens (including phenoxy) is 1. The smallest absolute Gasteiger partial charge is 0.191 e. The predicted octanol–water partition coefficient (Wildman–Crippen LogP) is 2.77. The molecule has 3 rings (SSSR count). The molecule has 2 heterocycles. The molecule has 0 amide bonds. The van der Waals surface area contributed by atoms with E-state index in [0.29, 0.717) is 6.04 Å². The van der Waals surface area contributed by atoms with E-state index in [1.54, 1.807) is 7.11 Å². The molecule has 1 aromatic heterocycles. The summed E-state index contributed by atoms with van der Waals surface area (Å²) >= 11 is 0. The van der Waals surface area contributed by atoms with E-state index in [0.717, 1.165) is 71.0 Å². The van der Waals surface area contributed by atoms with Crippen LogP contribution in [-0.4, -0.2) is 68.3 Å². The van der Waals surface area contributed by atoms with Crippen molar-refractivity contribution in [3.63, 3.8) is 0 Å². The molecule has 0 radical (unpaired) electrons. The van der Waals surface area contributed by atoms with E-state index >= 15 is 0 Å². The lowest BCUT2D eigenvalue weighted by Crippen LogP contribution is -2.49. The summed E-state index contributed by atoms with van der Waals surface area (Å²) in [6.07, 6.45) is 6.54. The number of para-hydroxylation sites is 1. The minimum atomic E-state index is 0.505. The van der Waals surface area contributed by atoms with Crippen LogP contribution in [-0.2, 0) is 11.2 Å². The number of nitrogens with zero attached hydrogens (tertiary/aromatic N) is 2. The quantitative estimate of drug-likeness (QED) is 0.353. The second-order valence-corrected chi connectivity index (χ2v) is 7.48. The molecule has 154 valence electrons. The largest absolute Gasteiger partial charge is 0.383 e. The van der Waals surface area contributed by atoms with Gasteiger partial charge in [-0.15, -0.1) is 0 Å². The highest BCUT2D eigenvalue weighted by Gasteiger charge is 2.19. The number of guanidine groups is 1. The first-order valence-electron chi connectivity index (χ1n) is 10.6. The van der Waals surface area contributed by atoms with Crippen LogP contribution in [0.5, 0.6) is 0 Å². The Labute approximate surface area is 168 Å². The Balaban J connectivity index is 1.44. The molecule has 1 fully saturated rings. The summed E-state index contributed by atoms with van der Waals surface area (Å²) in [5.41, 5.74) is 2.60. The first-order chi connectivity index (χ1) is 13.8. The highest BCUT2D eigenvalue weighted by Crippen LogP contribution is 2.18. The van der Waals surface area contributed by atoms with E-state index in [4.69, 9.17) is 9.73 Å². The summed E-state index contributed by atoms with van der Waals surface area (Å²) < 4.78 is 5.18. The number of nitrogens with one attached hydrogen (secondary N) is 3. The zero-order valence-electron chi connectivity index (χ0n) is 17.3. The molecule has 0 bridgehead atoms. The van der Waals surface area contributed by atoms with Crippen molar-refractivity contribution >= 4 is 16.9 Å². The SMILES string of the molecule is CCNC(=NCCCc1c[nH]c2ccccc12)NC1CCN(CCOC)CC1. The van der Waals surface area contributed by atoms with Crippen molar-refractivity contribution in [1.29, 1.82) is 0 Å². The van der Waals surface area contributed by atoms with Crippen LogP contribution in [0.25, 0.3) is 10.9 Å². The van der Waals surface area contributed by atoms with Crippen LogP contribution >= 0.6 is 0 Å². The van der Waals surface area contributed by atoms with Gasteiger partial charge < -0.3 is 25.3 Å². The maximum atomic E-state index is 5.18. The van der Waals surface area contributed by atoms with Gasteiger partial charge >= 0.3 is 0 Å². The van der Waals surface area contributed by atoms with Crippen molar-refractivity contribution in [1.82, 2.24) is 20.5 Å². The molecule has 2 aromatic rings. The van der Waals surface area contributed by atoms with Gasteiger partial charge in [0, 0.05) is 63.0 Å². The number of likely N-dealkylation sites (tertiary alicyclic amines) is 1. The molecule has 0 unspecified atom stereocenters. The predicted molar refractivity (Wildman–Crippen MR) is 117 cm³/mol. The average Bonchev–Trinajstić information content (AvgIpc) is 3.14. The molecule has 6 heteroatoms. The van der Waals surface area contributed by atoms with Crippen molar-refractivity contribution in [2.45, 2.75) is 38.6 Å². The monoisotopic (exact) mass is 385 g/mol. The number of fused-ring (bicyclic) bond motifs is 1. The summed E-state index contributed by atoms with van der Waals surface area (Å²) in [6, 6.07) is 9.00. The van der Waals surface area contributed by atoms with E-state index in [2.05, 4.69) is 57.9 Å². The van der Waals surface area contributed by atoms with Gasteiger partial charge in [0.15, 0.2) is 5.96 Å². The topological polar surface area (TPSA) is 64.7 Å². The molecular weight excluding hydrogens is 350 g/mol. The number of aromatic nitrogens is 1. The van der Waals surface area contributed by atoms with E-state index in [9.17, 15) is 0 Å². The Morgan fingerprint density at radius 3 is 2.89 bits per heavy atom. The maximum Gasteiger partial charge on any atom is 0.191 e. The first kappa shape index (κ1) is 20.7. The number of benzene rings is 1. The van der Waals surface area contributed by atoms with Crippen LogP contribution in [0.2, 0.25) is 0 Å². The number of piperidine rings is 1. The standard InChI is InChI=1S/C22H35N5O/c1-3-23-22(26-19-10-13-27(14-11-19)15-16-28-2)24-12-6-7-18-17-25-21-9-5-4-8-20(18)21/h4-5,8-9,17,19,25H,3,6-7,10-16H2,1-2H3,(H2,23,24,26). The van der Waals surface area contributed by atoms with E-state index in [-0.39, 0.29) is 0 Å². The summed E-state index contributed by atoms with van der Waals surface area (Å²) in [4.78, 5) is 10.6. The number of hydrogen-bond donors (Lipinski definition) is 3. The zero-order valence-corrected chi connectivity index (χ0v) is 17.3. The van der Waals surface area contributed by atoms with Crippen molar-refractivity contribution in [3.05, 3.63) is 36.0 Å². The maximum absolute atomic E-state index is 5.18. The van der Waals surface area contributed by atoms with E-state index in [1.807, 2.05) is 0 Å². The van der Waals surface area contributed by atoms with Gasteiger partial charge in [-0.2, -0.15) is 0 Å². The lowest BCUT2D eigenvalue weighted by Gasteiger charge is -2.32. The Morgan fingerprint density at radius 2 is 2.11 bits per heavy atom. The number of methoxy groups -OCH3 is 1. The van der Waals surface area contributed by atoms with Crippen LogP contribution in [0.1, 0.15) is 31.7 Å². The lowest BCUT2D eigenvalue weighted by molar-refractivity contribution is 0.128. The fourth-order valence-corrected chi connectivity index (χ4v) is 3.83. The van der Waals surface area contributed by atoms with Crippen molar-refractivity contribution in [2.75, 3.05) is 46.4 Å². The minimum absolute atomic E-state index is 0.505. The molecule has 1 aromatic carbocycles. The van der Waals surface area contributed by atoms with E-state index in [1.165, 1.54) is 16.5 Å². The van der Waals surface area contributed by atoms with Crippen molar-refractivity contribution in [3.8, 4) is 0 Å². The fraction of sp³-hybridized carbons (Fsp3) is 0.591. The van der Waals surface area contributed by atoms with Crippen LogP contribution < -0.4 is 10.6 Å². The summed E-state index contributed by atoms with van der Waals surface area (Å²) in [5, 5.41) is 8.36. The van der Waals surface area contributed by atoms with Gasteiger partial charge in [0.2, 0.25) is 0 Å². The van der Waals surface area contributed by atoms with Gasteiger partial charge in [0.05, 0.1) is 6.61 Å². The molecule has 1 aliphatic rings. The summed E-state index contributed by atoms with van der Waals surface area (Å²) in [5.74, 6) is 0.955. The van der Waals surface area contributed by atoms with Gasteiger partial charge in [-0.05, 0) is 44.2 Å². The van der Waals surface area contributed by atoms with Crippen LogP contribution in [0.3, 0.4) is 0 Å². The third-order valence-electron chi connectivity index (χ3n) is 5.43. The van der Waals surface area contributed by atoms with Gasteiger partial charge in [0.25, 0.3) is 0 Å². The van der Waals surface area contributed by atoms with Gasteiger partial charge in [-0.1, -0.05) is 18.2 Å². The molecule has 0 atom stereocenters. The molecular formula is C22H35N5O. The molecule has 1 saturated heterocycles. The minimum Gasteiger partial charge on any atom is -0.383 e. The Bertz CT molecular complexity index is 733. The van der Waals surface area contributed by atoms with Crippen LogP contribution in [0.15, 0.2) is 35.5 Å². The number of aliphatic imine (C=N–C) groups is 1. The van der Waals surface area contributed by atoms with E-state index < -0.39 is 0 Å². The number of aryl methyl sites for hydroxylation is 1. The Hall–Kier alpha value is -2.05. The van der Waals surface area contributed by atoms with Gasteiger partial charge in [-0.3, -0.25) is 4.99 Å². The third kappa shape index (κ3) is 5.97. The molecule has 0 spiro atoms. The molecule has 0 aliphatic carbocycles. The highest BCUT2D eigenvalue weighted by molar-refractivity contribution is 5.83. The van der Waals surface area contributed by atoms with Gasteiger partial charge in [-0.25, -0.2) is 0 Å². The van der Waals surface area contributed by atoms with Crippen molar-refractivity contribution < 1.29 is 4.74 Å². The molecule has 28 heavy (non-hydrogen) atoms. The molecule has 1 aliphatic heterocycles. The highest BCUT2D eigenvalue weighted by atomic mass is 16.5. The Kier molecular flexibility index (Phi) is 8.18. The Morgan fingerprint density at radius 1 is 1.29 bits per heavy atom. The van der Waals surface area contributed by atoms with Crippen LogP contribution in [0.4, 0.5) is 0 Å². The van der Waals surface area contributed by atoms with Crippen LogP contribution in [0, 0.1) is 0 Å². The lowest BCUT2D eigenvalue weighted by atomic mass is 10.1. The molecule has 6 nitrogen and oxygen atoms in total. The number of rotatable bonds is 9. The second-order valence-electron chi connectivity index (χ2n) is 7.48. The van der Waals surface area contributed by atoms with Gasteiger partial charge in [0.1, 0.15) is 0 Å². The normalized spacial score (nSPS) is 16.6. The zero-order chi connectivity index (χ0) is 19.6. The fourth-order valence-electron chi connectivity index (χ4n) is 3.83. The number of hydrogen-bond acceptors (Lipinski definition) is 3.